The predicted molar refractivity (Wildman–Crippen MR) is 133 cm³/mol. The molecule has 35 heavy (non-hydrogen) atoms. The quantitative estimate of drug-likeness (QED) is 0.242. The second-order valence-corrected chi connectivity index (χ2v) is 8.25. The number of ether oxygens (including phenoxy) is 2. The molecular weight excluding hydrogens is 449 g/mol. The van der Waals surface area contributed by atoms with Crippen molar-refractivity contribution in [3.8, 4) is 33.8 Å². The Kier molecular flexibility index (Phi) is 7.76. The Morgan fingerprint density at radius 1 is 0.600 bits per heavy atom. The molecule has 0 unspecified atom stereocenters. The van der Waals surface area contributed by atoms with Gasteiger partial charge in [-0.25, -0.2) is 8.78 Å². The van der Waals surface area contributed by atoms with Crippen LogP contribution in [0.1, 0.15) is 31.4 Å². The molecule has 180 valence electrons. The molecule has 0 aromatic heterocycles. The number of hydrogen-bond acceptors (Lipinski definition) is 2. The zero-order valence-corrected chi connectivity index (χ0v) is 19.8. The Balaban J connectivity index is 1.44. The summed E-state index contributed by atoms with van der Waals surface area (Å²) in [6.45, 7) is 4.36. The molecule has 5 heteroatoms. The molecule has 0 amide bonds. The van der Waals surface area contributed by atoms with Crippen LogP contribution >= 0.6 is 0 Å². The van der Waals surface area contributed by atoms with Crippen LogP contribution in [0.15, 0.2) is 78.9 Å². The van der Waals surface area contributed by atoms with Gasteiger partial charge < -0.3 is 9.47 Å². The summed E-state index contributed by atoms with van der Waals surface area (Å²) < 4.78 is 54.4. The highest BCUT2D eigenvalue weighted by Crippen LogP contribution is 2.31. The van der Waals surface area contributed by atoms with Gasteiger partial charge in [-0.15, -0.1) is 0 Å². The second kappa shape index (κ2) is 11.1. The Morgan fingerprint density at radius 3 is 1.89 bits per heavy atom. The fourth-order valence-corrected chi connectivity index (χ4v) is 3.91. The van der Waals surface area contributed by atoms with E-state index in [-0.39, 0.29) is 23.7 Å². The van der Waals surface area contributed by atoms with Crippen LogP contribution in [0.25, 0.3) is 22.3 Å². The van der Waals surface area contributed by atoms with Gasteiger partial charge in [-0.1, -0.05) is 67.9 Å². The molecule has 0 bridgehead atoms. The first-order valence-corrected chi connectivity index (χ1v) is 11.7. The van der Waals surface area contributed by atoms with E-state index in [1.54, 1.807) is 31.2 Å². The highest BCUT2D eigenvalue weighted by atomic mass is 19.2. The first kappa shape index (κ1) is 24.4. The van der Waals surface area contributed by atoms with Gasteiger partial charge in [0, 0.05) is 5.56 Å². The van der Waals surface area contributed by atoms with E-state index in [0.717, 1.165) is 29.5 Å². The fourth-order valence-electron chi connectivity index (χ4n) is 3.91. The van der Waals surface area contributed by atoms with E-state index in [1.165, 1.54) is 18.2 Å². The molecule has 0 aliphatic rings. The highest BCUT2D eigenvalue weighted by Gasteiger charge is 2.16. The van der Waals surface area contributed by atoms with Crippen LogP contribution in [0, 0.1) is 17.5 Å². The summed E-state index contributed by atoms with van der Waals surface area (Å²) in [5.41, 5.74) is 4.29. The third kappa shape index (κ3) is 5.68. The molecular formula is C30H27F3O2. The molecule has 4 aromatic carbocycles. The third-order valence-electron chi connectivity index (χ3n) is 5.76. The first-order valence-electron chi connectivity index (χ1n) is 11.7. The lowest BCUT2D eigenvalue weighted by atomic mass is 10.0. The van der Waals surface area contributed by atoms with Crippen molar-refractivity contribution in [2.75, 3.05) is 6.61 Å². The van der Waals surface area contributed by atoms with Crippen LogP contribution in [0.2, 0.25) is 0 Å². The Bertz CT molecular complexity index is 1280. The molecule has 0 spiro atoms. The summed E-state index contributed by atoms with van der Waals surface area (Å²) >= 11 is 0. The van der Waals surface area contributed by atoms with Crippen LogP contribution in [0.3, 0.4) is 0 Å². The molecule has 0 aliphatic carbocycles. The van der Waals surface area contributed by atoms with Gasteiger partial charge >= 0.3 is 0 Å². The normalized spacial score (nSPS) is 10.9. The minimum atomic E-state index is -1.01. The second-order valence-electron chi connectivity index (χ2n) is 8.25. The van der Waals surface area contributed by atoms with Gasteiger partial charge in [0.05, 0.1) is 6.61 Å². The van der Waals surface area contributed by atoms with Crippen LogP contribution in [0.5, 0.6) is 11.5 Å². The molecule has 0 heterocycles. The summed E-state index contributed by atoms with van der Waals surface area (Å²) in [7, 11) is 0. The van der Waals surface area contributed by atoms with Gasteiger partial charge in [0.15, 0.2) is 23.1 Å². The molecule has 4 aromatic rings. The number of benzene rings is 4. The molecule has 0 saturated heterocycles. The van der Waals surface area contributed by atoms with Crippen LogP contribution in [-0.4, -0.2) is 6.61 Å². The van der Waals surface area contributed by atoms with E-state index in [1.807, 2.05) is 36.4 Å². The van der Waals surface area contributed by atoms with Gasteiger partial charge in [-0.05, 0) is 65.4 Å². The van der Waals surface area contributed by atoms with E-state index in [2.05, 4.69) is 6.92 Å². The topological polar surface area (TPSA) is 18.5 Å². The van der Waals surface area contributed by atoms with Gasteiger partial charge in [0.25, 0.3) is 0 Å². The Morgan fingerprint density at radius 2 is 1.23 bits per heavy atom. The molecule has 0 radical (unpaired) electrons. The molecule has 0 atom stereocenters. The number of hydrogen-bond donors (Lipinski definition) is 0. The molecule has 0 fully saturated rings. The van der Waals surface area contributed by atoms with Crippen molar-refractivity contribution >= 4 is 0 Å². The summed E-state index contributed by atoms with van der Waals surface area (Å²) in [5.74, 6) is -2.29. The first-order chi connectivity index (χ1) is 17.0. The Labute approximate surface area is 204 Å². The molecule has 0 N–H and O–H groups in total. The maximum atomic E-state index is 14.8. The average Bonchev–Trinajstić information content (AvgIpc) is 2.87. The van der Waals surface area contributed by atoms with Crippen LogP contribution in [-0.2, 0) is 13.0 Å². The zero-order chi connectivity index (χ0) is 24.8. The summed E-state index contributed by atoms with van der Waals surface area (Å²) in [6.07, 6.45) is 1.97. The average molecular weight is 477 g/mol. The minimum Gasteiger partial charge on any atom is -0.491 e. The number of rotatable bonds is 9. The van der Waals surface area contributed by atoms with E-state index in [0.29, 0.717) is 17.7 Å². The van der Waals surface area contributed by atoms with Crippen molar-refractivity contribution in [2.24, 2.45) is 0 Å². The van der Waals surface area contributed by atoms with E-state index < -0.39 is 17.5 Å². The van der Waals surface area contributed by atoms with Crippen molar-refractivity contribution in [2.45, 2.75) is 33.3 Å². The molecule has 2 nitrogen and oxygen atoms in total. The lowest BCUT2D eigenvalue weighted by Crippen LogP contribution is -2.00. The monoisotopic (exact) mass is 476 g/mol. The van der Waals surface area contributed by atoms with Gasteiger partial charge in [-0.3, -0.25) is 0 Å². The lowest BCUT2D eigenvalue weighted by Gasteiger charge is -2.12. The van der Waals surface area contributed by atoms with E-state index in [4.69, 9.17) is 9.47 Å². The van der Waals surface area contributed by atoms with Crippen molar-refractivity contribution < 1.29 is 22.6 Å². The van der Waals surface area contributed by atoms with Gasteiger partial charge in [0.2, 0.25) is 5.82 Å². The maximum absolute atomic E-state index is 14.8. The third-order valence-corrected chi connectivity index (χ3v) is 5.76. The van der Waals surface area contributed by atoms with Crippen LogP contribution < -0.4 is 9.47 Å². The number of halogens is 3. The summed E-state index contributed by atoms with van der Waals surface area (Å²) in [5, 5.41) is 0. The maximum Gasteiger partial charge on any atom is 0.201 e. The predicted octanol–water partition coefficient (Wildman–Crippen LogP) is 8.37. The standard InChI is InChI=1S/C30H27F3O2/c1-3-5-20-6-12-23(13-7-20)25-15-17-28(30(33)29(25)32)35-19-21-8-10-22(11-9-21)24-14-16-27(34-4-2)26(31)18-24/h6-18H,3-5,19H2,1-2H3. The minimum absolute atomic E-state index is 0.0688. The fraction of sp³-hybridized carbons (Fsp3) is 0.200. The largest absolute Gasteiger partial charge is 0.491 e. The van der Waals surface area contributed by atoms with Crippen molar-refractivity contribution in [3.63, 3.8) is 0 Å². The van der Waals surface area contributed by atoms with Crippen molar-refractivity contribution in [3.05, 3.63) is 107 Å². The summed E-state index contributed by atoms with van der Waals surface area (Å²) in [4.78, 5) is 0. The van der Waals surface area contributed by atoms with Crippen LogP contribution in [0.4, 0.5) is 13.2 Å². The molecule has 4 rings (SSSR count). The van der Waals surface area contributed by atoms with E-state index in [9.17, 15) is 13.2 Å². The van der Waals surface area contributed by atoms with Crippen molar-refractivity contribution in [1.29, 1.82) is 0 Å². The van der Waals surface area contributed by atoms with Crippen molar-refractivity contribution in [1.82, 2.24) is 0 Å². The number of aryl methyl sites for hydroxylation is 1. The summed E-state index contributed by atoms with van der Waals surface area (Å²) in [6, 6.07) is 22.6. The highest BCUT2D eigenvalue weighted by molar-refractivity contribution is 5.66. The van der Waals surface area contributed by atoms with E-state index >= 15 is 0 Å². The lowest BCUT2D eigenvalue weighted by molar-refractivity contribution is 0.285. The molecule has 0 aliphatic heterocycles. The smallest absolute Gasteiger partial charge is 0.201 e. The molecule has 0 saturated carbocycles. The zero-order valence-electron chi connectivity index (χ0n) is 19.8. The SMILES string of the molecule is CCCc1ccc(-c2ccc(OCc3ccc(-c4ccc(OCC)c(F)c4)cc3)c(F)c2F)cc1. The Hall–Kier alpha value is -3.73. The van der Waals surface area contributed by atoms with Gasteiger partial charge in [0.1, 0.15) is 6.61 Å². The van der Waals surface area contributed by atoms with Gasteiger partial charge in [-0.2, -0.15) is 4.39 Å².